The molecule has 0 bridgehead atoms. The van der Waals surface area contributed by atoms with Crippen LogP contribution in [0, 0.1) is 0 Å². The normalized spacial score (nSPS) is 11.0. The van der Waals surface area contributed by atoms with Crippen LogP contribution in [0.2, 0.25) is 0 Å². The Balaban J connectivity index is 2.11. The Kier molecular flexibility index (Phi) is 3.36. The van der Waals surface area contributed by atoms with Crippen molar-refractivity contribution in [1.29, 1.82) is 0 Å². The minimum absolute atomic E-state index is 0.0437. The molecule has 0 unspecified atom stereocenters. The molecule has 3 aromatic heterocycles. The topological polar surface area (TPSA) is 127 Å². The lowest BCUT2D eigenvalue weighted by Gasteiger charge is -2.06. The molecule has 0 aliphatic heterocycles. The third-order valence-electron chi connectivity index (χ3n) is 3.64. The van der Waals surface area contributed by atoms with Crippen molar-refractivity contribution in [3.63, 3.8) is 0 Å². The Labute approximate surface area is 144 Å². The average molecular weight is 353 g/mol. The van der Waals surface area contributed by atoms with Crippen LogP contribution in [0.1, 0.15) is 10.5 Å². The van der Waals surface area contributed by atoms with E-state index in [2.05, 4.69) is 15.0 Å². The van der Waals surface area contributed by atoms with Gasteiger partial charge in [-0.25, -0.2) is 19.3 Å². The summed E-state index contributed by atoms with van der Waals surface area (Å²) in [5.41, 5.74) is 5.56. The Hall–Kier alpha value is -3.46. The fourth-order valence-corrected chi connectivity index (χ4v) is 3.28. The van der Waals surface area contributed by atoms with Gasteiger partial charge >= 0.3 is 5.69 Å². The lowest BCUT2D eigenvalue weighted by Crippen LogP contribution is -2.15. The van der Waals surface area contributed by atoms with Crippen LogP contribution in [0.3, 0.4) is 0 Å². The largest absolute Gasteiger partial charge is 0.507 e. The standard InChI is InChI=1S/C16H11N5O3S/c17-13(23)11-12-15(21(16(24)19-12)10-6-3-7-25-10)20-14(18-11)8-4-1-2-5-9(8)22/h1-7,22H,(H2,17,23)(H,19,24). The summed E-state index contributed by atoms with van der Waals surface area (Å²) in [5.74, 6) is -0.745. The van der Waals surface area contributed by atoms with E-state index in [9.17, 15) is 14.7 Å². The molecule has 0 saturated heterocycles. The molecule has 1 amide bonds. The zero-order valence-corrected chi connectivity index (χ0v) is 13.4. The van der Waals surface area contributed by atoms with Gasteiger partial charge in [0.1, 0.15) is 16.3 Å². The molecule has 0 atom stereocenters. The first kappa shape index (κ1) is 15.1. The number of phenols is 1. The van der Waals surface area contributed by atoms with Gasteiger partial charge in [-0.2, -0.15) is 0 Å². The van der Waals surface area contributed by atoms with Crippen LogP contribution in [-0.4, -0.2) is 30.5 Å². The number of aromatic amines is 1. The minimum atomic E-state index is -0.802. The maximum atomic E-state index is 12.4. The van der Waals surface area contributed by atoms with Crippen LogP contribution in [0.25, 0.3) is 27.6 Å². The Morgan fingerprint density at radius 1 is 1.20 bits per heavy atom. The SMILES string of the molecule is NC(=O)c1nc(-c2ccccc2O)nc2c1[nH]c(=O)n2-c1cccs1. The molecule has 4 rings (SSSR count). The molecule has 0 aliphatic rings. The fraction of sp³-hybridized carbons (Fsp3) is 0. The van der Waals surface area contributed by atoms with Crippen LogP contribution in [0.15, 0.2) is 46.6 Å². The van der Waals surface area contributed by atoms with E-state index in [1.165, 1.54) is 22.0 Å². The predicted molar refractivity (Wildman–Crippen MR) is 93.0 cm³/mol. The number of nitrogens with zero attached hydrogens (tertiary/aromatic N) is 3. The summed E-state index contributed by atoms with van der Waals surface area (Å²) in [6, 6.07) is 10.0. The number of phenolic OH excluding ortho intramolecular Hbond substituents is 1. The zero-order chi connectivity index (χ0) is 17.6. The highest BCUT2D eigenvalue weighted by atomic mass is 32.1. The highest BCUT2D eigenvalue weighted by molar-refractivity contribution is 7.12. The van der Waals surface area contributed by atoms with Crippen LogP contribution in [0.4, 0.5) is 0 Å². The van der Waals surface area contributed by atoms with E-state index < -0.39 is 11.6 Å². The number of rotatable bonds is 3. The number of amides is 1. The summed E-state index contributed by atoms with van der Waals surface area (Å²) in [6.07, 6.45) is 0. The summed E-state index contributed by atoms with van der Waals surface area (Å²) >= 11 is 1.35. The van der Waals surface area contributed by atoms with Gasteiger partial charge in [-0.1, -0.05) is 12.1 Å². The van der Waals surface area contributed by atoms with Crippen LogP contribution in [0.5, 0.6) is 5.75 Å². The summed E-state index contributed by atoms with van der Waals surface area (Å²) in [4.78, 5) is 35.3. The summed E-state index contributed by atoms with van der Waals surface area (Å²) in [6.45, 7) is 0. The van der Waals surface area contributed by atoms with Gasteiger partial charge in [0.15, 0.2) is 17.2 Å². The third kappa shape index (κ3) is 2.37. The van der Waals surface area contributed by atoms with E-state index in [0.29, 0.717) is 10.6 Å². The van der Waals surface area contributed by atoms with Gasteiger partial charge in [0, 0.05) is 0 Å². The van der Waals surface area contributed by atoms with Crippen molar-refractivity contribution < 1.29 is 9.90 Å². The number of aromatic hydroxyl groups is 1. The molecule has 0 aliphatic carbocycles. The fourth-order valence-electron chi connectivity index (χ4n) is 2.55. The van der Waals surface area contributed by atoms with Crippen molar-refractivity contribution in [3.8, 4) is 22.1 Å². The highest BCUT2D eigenvalue weighted by Crippen LogP contribution is 2.28. The van der Waals surface area contributed by atoms with E-state index in [4.69, 9.17) is 5.73 Å². The van der Waals surface area contributed by atoms with Crippen molar-refractivity contribution in [2.45, 2.75) is 0 Å². The Morgan fingerprint density at radius 3 is 2.68 bits per heavy atom. The number of nitrogens with one attached hydrogen (secondary N) is 1. The molecule has 0 spiro atoms. The molecular formula is C16H11N5O3S. The number of carbonyl (C=O) groups excluding carboxylic acids is 1. The molecule has 4 aromatic rings. The number of hydrogen-bond donors (Lipinski definition) is 3. The van der Waals surface area contributed by atoms with E-state index in [1.54, 1.807) is 30.3 Å². The quantitative estimate of drug-likeness (QED) is 0.516. The molecule has 3 heterocycles. The van der Waals surface area contributed by atoms with Gasteiger partial charge in [-0.3, -0.25) is 4.79 Å². The van der Waals surface area contributed by atoms with E-state index in [1.807, 2.05) is 5.38 Å². The molecule has 124 valence electrons. The minimum Gasteiger partial charge on any atom is -0.507 e. The Bertz CT molecular complexity index is 1160. The summed E-state index contributed by atoms with van der Waals surface area (Å²) < 4.78 is 1.34. The average Bonchev–Trinajstić information content (AvgIpc) is 3.20. The predicted octanol–water partition coefficient (Wildman–Crippen LogP) is 1.64. The van der Waals surface area contributed by atoms with Gasteiger partial charge in [-0.15, -0.1) is 11.3 Å². The summed E-state index contributed by atoms with van der Waals surface area (Å²) in [7, 11) is 0. The molecule has 4 N–H and O–H groups in total. The van der Waals surface area contributed by atoms with Crippen molar-refractivity contribution >= 4 is 28.4 Å². The van der Waals surface area contributed by atoms with E-state index in [-0.39, 0.29) is 28.4 Å². The van der Waals surface area contributed by atoms with Crippen LogP contribution >= 0.6 is 11.3 Å². The molecule has 0 saturated carbocycles. The monoisotopic (exact) mass is 353 g/mol. The number of carbonyl (C=O) groups is 1. The molecule has 25 heavy (non-hydrogen) atoms. The van der Waals surface area contributed by atoms with Crippen LogP contribution < -0.4 is 11.4 Å². The maximum Gasteiger partial charge on any atom is 0.333 e. The number of imidazole rings is 1. The number of thiophene rings is 1. The number of fused-ring (bicyclic) bond motifs is 1. The highest BCUT2D eigenvalue weighted by Gasteiger charge is 2.21. The number of primary amides is 1. The maximum absolute atomic E-state index is 12.4. The lowest BCUT2D eigenvalue weighted by atomic mass is 10.2. The van der Waals surface area contributed by atoms with Crippen molar-refractivity contribution in [1.82, 2.24) is 19.5 Å². The second-order valence-electron chi connectivity index (χ2n) is 5.19. The first-order chi connectivity index (χ1) is 12.1. The summed E-state index contributed by atoms with van der Waals surface area (Å²) in [5, 5.41) is 12.5. The van der Waals surface area contributed by atoms with Crippen LogP contribution in [-0.2, 0) is 0 Å². The van der Waals surface area contributed by atoms with Gasteiger partial charge in [-0.05, 0) is 29.6 Å². The first-order valence-corrected chi connectivity index (χ1v) is 8.09. The molecule has 0 radical (unpaired) electrons. The number of H-pyrrole nitrogens is 1. The van der Waals surface area contributed by atoms with Gasteiger partial charge < -0.3 is 15.8 Å². The number of hydrogen-bond acceptors (Lipinski definition) is 6. The zero-order valence-electron chi connectivity index (χ0n) is 12.6. The van der Waals surface area contributed by atoms with E-state index in [0.717, 1.165) is 0 Å². The number of benzene rings is 1. The lowest BCUT2D eigenvalue weighted by molar-refractivity contribution is 0.0997. The number of para-hydroxylation sites is 1. The third-order valence-corrected chi connectivity index (χ3v) is 4.50. The van der Waals surface area contributed by atoms with Gasteiger partial charge in [0.2, 0.25) is 0 Å². The Morgan fingerprint density at radius 2 is 2.00 bits per heavy atom. The first-order valence-electron chi connectivity index (χ1n) is 7.21. The second kappa shape index (κ2) is 5.56. The molecule has 8 nitrogen and oxygen atoms in total. The van der Waals surface area contributed by atoms with E-state index >= 15 is 0 Å². The van der Waals surface area contributed by atoms with Gasteiger partial charge in [0.05, 0.1) is 5.56 Å². The number of nitrogens with two attached hydrogens (primary N) is 1. The van der Waals surface area contributed by atoms with Gasteiger partial charge in [0.25, 0.3) is 5.91 Å². The van der Waals surface area contributed by atoms with Crippen molar-refractivity contribution in [2.75, 3.05) is 0 Å². The molecular weight excluding hydrogens is 342 g/mol. The molecule has 9 heteroatoms. The molecule has 1 aromatic carbocycles. The number of aromatic nitrogens is 4. The van der Waals surface area contributed by atoms with Crippen molar-refractivity contribution in [3.05, 3.63) is 58.0 Å². The molecule has 0 fully saturated rings. The smallest absolute Gasteiger partial charge is 0.333 e. The van der Waals surface area contributed by atoms with Crippen molar-refractivity contribution in [2.24, 2.45) is 5.73 Å². The second-order valence-corrected chi connectivity index (χ2v) is 6.12.